The lowest BCUT2D eigenvalue weighted by Gasteiger charge is -2.19. The first kappa shape index (κ1) is 20.7. The average Bonchev–Trinajstić information content (AvgIpc) is 3.40. The van der Waals surface area contributed by atoms with Gasteiger partial charge in [-0.15, -0.1) is 11.3 Å². The summed E-state index contributed by atoms with van der Waals surface area (Å²) in [6.07, 6.45) is 3.06. The molecule has 2 aromatic heterocycles. The lowest BCUT2D eigenvalue weighted by molar-refractivity contribution is 0.454. The summed E-state index contributed by atoms with van der Waals surface area (Å²) in [6.45, 7) is 3.38. The first-order chi connectivity index (χ1) is 13.8. The maximum atomic E-state index is 13.1. The quantitative estimate of drug-likeness (QED) is 0.568. The number of hydrogen-bond acceptors (Lipinski definition) is 6. The average molecular weight is 496 g/mol. The van der Waals surface area contributed by atoms with Gasteiger partial charge in [-0.3, -0.25) is 0 Å². The first-order valence-electron chi connectivity index (χ1n) is 9.23. The monoisotopic (exact) mass is 495 g/mol. The topological polar surface area (TPSA) is 80.1 Å². The van der Waals surface area contributed by atoms with Gasteiger partial charge < -0.3 is 9.88 Å². The Hall–Kier alpha value is -1.59. The molecule has 1 aliphatic heterocycles. The minimum Gasteiger partial charge on any atom is -0.339 e. The van der Waals surface area contributed by atoms with Crippen LogP contribution in [-0.4, -0.2) is 46.4 Å². The van der Waals surface area contributed by atoms with E-state index in [1.54, 1.807) is 29.1 Å². The number of nitrogens with zero attached hydrogens (tertiary/aromatic N) is 4. The van der Waals surface area contributed by atoms with Crippen molar-refractivity contribution in [2.24, 2.45) is 7.05 Å². The van der Waals surface area contributed by atoms with Crippen LogP contribution in [0.2, 0.25) is 0 Å². The second-order valence-electron chi connectivity index (χ2n) is 7.17. The molecule has 0 aliphatic carbocycles. The van der Waals surface area contributed by atoms with Gasteiger partial charge in [0.1, 0.15) is 5.01 Å². The Morgan fingerprint density at radius 2 is 2.03 bits per heavy atom. The molecule has 0 bridgehead atoms. The van der Waals surface area contributed by atoms with Crippen molar-refractivity contribution in [3.63, 3.8) is 0 Å². The summed E-state index contributed by atoms with van der Waals surface area (Å²) in [5, 5.41) is 4.61. The zero-order chi connectivity index (χ0) is 20.6. The van der Waals surface area contributed by atoms with Crippen molar-refractivity contribution in [1.29, 1.82) is 0 Å². The number of nitrogens with one attached hydrogen (secondary N) is 1. The van der Waals surface area contributed by atoms with Crippen LogP contribution >= 0.6 is 27.3 Å². The van der Waals surface area contributed by atoms with Crippen molar-refractivity contribution in [2.75, 3.05) is 13.1 Å². The first-order valence-corrected chi connectivity index (χ1v) is 12.3. The van der Waals surface area contributed by atoms with Crippen LogP contribution in [0.1, 0.15) is 22.2 Å². The maximum Gasteiger partial charge on any atom is 0.262 e. The summed E-state index contributed by atoms with van der Waals surface area (Å²) in [5.41, 5.74) is 2.09. The minimum absolute atomic E-state index is 0.0149. The van der Waals surface area contributed by atoms with Gasteiger partial charge in [-0.05, 0) is 28.4 Å². The van der Waals surface area contributed by atoms with Gasteiger partial charge in [0, 0.05) is 44.8 Å². The lowest BCUT2D eigenvalue weighted by Crippen LogP contribution is -2.36. The fourth-order valence-corrected chi connectivity index (χ4v) is 6.43. The number of aryl methyl sites for hydroxylation is 2. The number of hydrogen-bond donors (Lipinski definition) is 1. The van der Waals surface area contributed by atoms with Crippen LogP contribution < -0.4 is 5.32 Å². The number of halogens is 1. The molecule has 1 aliphatic rings. The van der Waals surface area contributed by atoms with Gasteiger partial charge >= 0.3 is 0 Å². The number of aromatic nitrogens is 3. The standard InChI is InChI=1S/C19H22BrN5O2S2/c1-13-19(20)28-17(23-13)8-21-16-10-25(9-15(16)14-6-4-3-5-7-14)29(26,27)18-11-24(2)12-22-18/h3-7,11-12,15-16,21H,8-10H2,1-2H3/t15-,16+/m1/s1. The Bertz CT molecular complexity index is 1080. The molecule has 3 aromatic rings. The van der Waals surface area contributed by atoms with Gasteiger partial charge in [0.25, 0.3) is 10.0 Å². The molecule has 1 fully saturated rings. The smallest absolute Gasteiger partial charge is 0.262 e. The third kappa shape index (κ3) is 4.31. The molecule has 1 aromatic carbocycles. The fourth-order valence-electron chi connectivity index (χ4n) is 3.59. The predicted molar refractivity (Wildman–Crippen MR) is 116 cm³/mol. The highest BCUT2D eigenvalue weighted by Crippen LogP contribution is 2.32. The summed E-state index contributed by atoms with van der Waals surface area (Å²) >= 11 is 5.11. The van der Waals surface area contributed by atoms with Crippen LogP contribution in [0.5, 0.6) is 0 Å². The molecule has 4 rings (SSSR count). The highest BCUT2D eigenvalue weighted by Gasteiger charge is 2.40. The van der Waals surface area contributed by atoms with Crippen molar-refractivity contribution >= 4 is 37.3 Å². The van der Waals surface area contributed by atoms with Gasteiger partial charge in [-0.1, -0.05) is 30.3 Å². The van der Waals surface area contributed by atoms with Crippen molar-refractivity contribution in [3.05, 3.63) is 62.9 Å². The summed E-state index contributed by atoms with van der Waals surface area (Å²) in [7, 11) is -1.87. The highest BCUT2D eigenvalue weighted by molar-refractivity contribution is 9.11. The molecule has 3 heterocycles. The second-order valence-corrected chi connectivity index (χ2v) is 11.5. The highest BCUT2D eigenvalue weighted by atomic mass is 79.9. The van der Waals surface area contributed by atoms with E-state index in [2.05, 4.69) is 43.3 Å². The predicted octanol–water partition coefficient (Wildman–Crippen LogP) is 2.89. The van der Waals surface area contributed by atoms with Gasteiger partial charge in [0.2, 0.25) is 0 Å². The molecule has 1 saturated heterocycles. The van der Waals surface area contributed by atoms with Crippen LogP contribution in [0.3, 0.4) is 0 Å². The number of sulfonamides is 1. The minimum atomic E-state index is -3.64. The third-order valence-corrected chi connectivity index (χ3v) is 8.82. The molecule has 154 valence electrons. The van der Waals surface area contributed by atoms with E-state index >= 15 is 0 Å². The van der Waals surface area contributed by atoms with Crippen LogP contribution in [0.4, 0.5) is 0 Å². The largest absolute Gasteiger partial charge is 0.339 e. The second kappa shape index (κ2) is 8.27. The molecule has 0 unspecified atom stereocenters. The zero-order valence-corrected chi connectivity index (χ0v) is 19.3. The third-order valence-electron chi connectivity index (χ3n) is 5.10. The number of imidazole rings is 1. The van der Waals surface area contributed by atoms with E-state index in [9.17, 15) is 8.42 Å². The number of rotatable bonds is 6. The van der Waals surface area contributed by atoms with Crippen LogP contribution in [0.25, 0.3) is 0 Å². The summed E-state index contributed by atoms with van der Waals surface area (Å²) in [4.78, 5) is 8.61. The molecule has 0 radical (unpaired) electrons. The van der Waals surface area contributed by atoms with Gasteiger partial charge in [-0.2, -0.15) is 4.31 Å². The zero-order valence-electron chi connectivity index (χ0n) is 16.1. The lowest BCUT2D eigenvalue weighted by atomic mass is 9.94. The van der Waals surface area contributed by atoms with Crippen molar-refractivity contribution in [1.82, 2.24) is 24.2 Å². The van der Waals surface area contributed by atoms with Crippen molar-refractivity contribution < 1.29 is 8.42 Å². The maximum absolute atomic E-state index is 13.1. The summed E-state index contributed by atoms with van der Waals surface area (Å²) in [5.74, 6) is 0.0548. The normalized spacial score (nSPS) is 20.4. The Morgan fingerprint density at radius 1 is 1.28 bits per heavy atom. The van der Waals surface area contributed by atoms with Crippen LogP contribution in [0, 0.1) is 6.92 Å². The van der Waals surface area contributed by atoms with Crippen LogP contribution in [0.15, 0.2) is 51.7 Å². The van der Waals surface area contributed by atoms with Gasteiger partial charge in [0.05, 0.1) is 15.8 Å². The van der Waals surface area contributed by atoms with E-state index < -0.39 is 10.0 Å². The van der Waals surface area contributed by atoms with E-state index in [-0.39, 0.29) is 17.0 Å². The molecule has 10 heteroatoms. The Balaban J connectivity index is 1.57. The van der Waals surface area contributed by atoms with E-state index in [4.69, 9.17) is 0 Å². The molecule has 1 N–H and O–H groups in total. The fraction of sp³-hybridized carbons (Fsp3) is 0.368. The van der Waals surface area contributed by atoms with E-state index in [1.807, 2.05) is 25.1 Å². The summed E-state index contributed by atoms with van der Waals surface area (Å²) < 4.78 is 30.4. The number of benzene rings is 1. The Labute approximate surface area is 183 Å². The van der Waals surface area contributed by atoms with E-state index in [1.165, 1.54) is 10.6 Å². The SMILES string of the molecule is Cc1nc(CN[C@H]2CN(S(=O)(=O)c3cn(C)cn3)C[C@@H]2c2ccccc2)sc1Br. The Kier molecular flexibility index (Phi) is 5.90. The molecule has 7 nitrogen and oxygen atoms in total. The molecule has 2 atom stereocenters. The molecule has 0 amide bonds. The van der Waals surface area contributed by atoms with E-state index in [0.717, 1.165) is 20.1 Å². The summed E-state index contributed by atoms with van der Waals surface area (Å²) in [6, 6.07) is 10.0. The van der Waals surface area contributed by atoms with E-state index in [0.29, 0.717) is 19.6 Å². The van der Waals surface area contributed by atoms with Crippen molar-refractivity contribution in [2.45, 2.75) is 30.5 Å². The molecular formula is C19H22BrN5O2S2. The molecular weight excluding hydrogens is 474 g/mol. The molecule has 0 saturated carbocycles. The molecule has 0 spiro atoms. The van der Waals surface area contributed by atoms with Crippen LogP contribution in [-0.2, 0) is 23.6 Å². The molecule has 29 heavy (non-hydrogen) atoms. The van der Waals surface area contributed by atoms with Gasteiger partial charge in [-0.25, -0.2) is 18.4 Å². The Morgan fingerprint density at radius 3 is 2.66 bits per heavy atom. The van der Waals surface area contributed by atoms with Crippen molar-refractivity contribution in [3.8, 4) is 0 Å². The number of thiazole rings is 1. The van der Waals surface area contributed by atoms with Gasteiger partial charge in [0.15, 0.2) is 5.03 Å².